The van der Waals surface area contributed by atoms with Crippen molar-refractivity contribution in [2.75, 3.05) is 24.5 Å². The third-order valence-electron chi connectivity index (χ3n) is 6.15. The number of rotatable bonds is 8. The molecule has 1 unspecified atom stereocenters. The lowest BCUT2D eigenvalue weighted by Gasteiger charge is -2.20. The van der Waals surface area contributed by atoms with Gasteiger partial charge in [0.15, 0.2) is 0 Å². The Labute approximate surface area is 180 Å². The number of hydrogen-bond acceptors (Lipinski definition) is 3. The lowest BCUT2D eigenvalue weighted by molar-refractivity contribution is -0.126. The molecule has 1 atom stereocenters. The first-order valence-corrected chi connectivity index (χ1v) is 10.9. The maximum Gasteiger partial charge on any atom is 0.227 e. The minimum atomic E-state index is -0.306. The van der Waals surface area contributed by atoms with Gasteiger partial charge in [0, 0.05) is 31.7 Å². The van der Waals surface area contributed by atoms with Crippen LogP contribution in [0.15, 0.2) is 42.5 Å². The average molecular weight is 408 g/mol. The van der Waals surface area contributed by atoms with E-state index < -0.39 is 0 Å². The van der Waals surface area contributed by atoms with E-state index in [2.05, 4.69) is 48.3 Å². The van der Waals surface area contributed by atoms with Gasteiger partial charge in [-0.15, -0.1) is 0 Å². The molecule has 2 aromatic carbocycles. The van der Waals surface area contributed by atoms with Crippen molar-refractivity contribution in [3.05, 3.63) is 64.7 Å². The second-order valence-electron chi connectivity index (χ2n) is 8.12. The summed E-state index contributed by atoms with van der Waals surface area (Å²) in [5, 5.41) is 3.01. The van der Waals surface area contributed by atoms with Crippen molar-refractivity contribution in [2.24, 2.45) is 5.92 Å². The summed E-state index contributed by atoms with van der Waals surface area (Å²) in [7, 11) is 0. The second kappa shape index (κ2) is 9.90. The van der Waals surface area contributed by atoms with E-state index in [9.17, 15) is 9.59 Å². The quantitative estimate of drug-likeness (QED) is 0.724. The number of nitrogens with zero attached hydrogens (tertiary/aromatic N) is 2. The Balaban J connectivity index is 1.55. The minimum Gasteiger partial charge on any atom is -0.352 e. The predicted molar refractivity (Wildman–Crippen MR) is 121 cm³/mol. The van der Waals surface area contributed by atoms with Crippen molar-refractivity contribution in [2.45, 2.75) is 47.2 Å². The first-order chi connectivity index (χ1) is 14.4. The van der Waals surface area contributed by atoms with Crippen LogP contribution in [0.1, 0.15) is 42.5 Å². The number of amides is 2. The Morgan fingerprint density at radius 3 is 2.40 bits per heavy atom. The Hall–Kier alpha value is -2.66. The standard InChI is InChI=1S/C25H33N3O2/c1-5-27(6-2)16-21-12-10-20(11-13-21)15-26-25(30)22-14-24(29)28(17-22)23-9-7-8-18(3)19(23)4/h7-13,22H,5-6,14-17H2,1-4H3,(H,26,30). The molecule has 0 aliphatic carbocycles. The van der Waals surface area contributed by atoms with Gasteiger partial charge in [-0.05, 0) is 55.3 Å². The van der Waals surface area contributed by atoms with Gasteiger partial charge in [-0.2, -0.15) is 0 Å². The molecule has 1 aliphatic heterocycles. The number of carbonyl (C=O) groups is 2. The molecular weight excluding hydrogens is 374 g/mol. The van der Waals surface area contributed by atoms with Crippen LogP contribution in [0, 0.1) is 19.8 Å². The molecule has 1 N–H and O–H groups in total. The lowest BCUT2D eigenvalue weighted by atomic mass is 10.1. The van der Waals surface area contributed by atoms with Crippen LogP contribution in [0.2, 0.25) is 0 Å². The largest absolute Gasteiger partial charge is 0.352 e. The molecule has 3 rings (SSSR count). The van der Waals surface area contributed by atoms with Crippen molar-refractivity contribution in [1.29, 1.82) is 0 Å². The van der Waals surface area contributed by atoms with Crippen molar-refractivity contribution in [3.8, 4) is 0 Å². The molecule has 0 radical (unpaired) electrons. The zero-order chi connectivity index (χ0) is 21.7. The number of nitrogens with one attached hydrogen (secondary N) is 1. The number of aryl methyl sites for hydroxylation is 1. The van der Waals surface area contributed by atoms with E-state index in [1.807, 2.05) is 32.0 Å². The Bertz CT molecular complexity index is 888. The SMILES string of the molecule is CCN(CC)Cc1ccc(CNC(=O)C2CC(=O)N(c3cccc(C)c3C)C2)cc1. The van der Waals surface area contributed by atoms with E-state index >= 15 is 0 Å². The number of benzene rings is 2. The van der Waals surface area contributed by atoms with Crippen molar-refractivity contribution in [1.82, 2.24) is 10.2 Å². The van der Waals surface area contributed by atoms with Crippen LogP contribution in [-0.4, -0.2) is 36.3 Å². The molecule has 0 spiro atoms. The normalized spacial score (nSPS) is 16.4. The first-order valence-electron chi connectivity index (χ1n) is 10.9. The molecule has 0 bridgehead atoms. The molecule has 1 fully saturated rings. The highest BCUT2D eigenvalue weighted by molar-refractivity contribution is 6.00. The second-order valence-corrected chi connectivity index (χ2v) is 8.12. The molecule has 160 valence electrons. The fourth-order valence-corrected chi connectivity index (χ4v) is 3.95. The Morgan fingerprint density at radius 2 is 1.73 bits per heavy atom. The van der Waals surface area contributed by atoms with Crippen LogP contribution in [0.5, 0.6) is 0 Å². The van der Waals surface area contributed by atoms with Crippen molar-refractivity contribution < 1.29 is 9.59 Å². The van der Waals surface area contributed by atoms with Gasteiger partial charge in [0.1, 0.15) is 0 Å². The molecule has 1 aliphatic rings. The van der Waals surface area contributed by atoms with E-state index in [1.165, 1.54) is 5.56 Å². The fraction of sp³-hybridized carbons (Fsp3) is 0.440. The number of carbonyl (C=O) groups excluding carboxylic acids is 2. The van der Waals surface area contributed by atoms with Crippen LogP contribution < -0.4 is 10.2 Å². The smallest absolute Gasteiger partial charge is 0.227 e. The summed E-state index contributed by atoms with van der Waals surface area (Å²) in [6, 6.07) is 14.4. The average Bonchev–Trinajstić information content (AvgIpc) is 3.14. The van der Waals surface area contributed by atoms with Gasteiger partial charge in [0.25, 0.3) is 0 Å². The summed E-state index contributed by atoms with van der Waals surface area (Å²) in [4.78, 5) is 29.4. The summed E-state index contributed by atoms with van der Waals surface area (Å²) in [5.41, 5.74) is 5.51. The van der Waals surface area contributed by atoms with E-state index in [0.717, 1.165) is 42.0 Å². The van der Waals surface area contributed by atoms with Gasteiger partial charge in [-0.3, -0.25) is 14.5 Å². The Kier molecular flexibility index (Phi) is 7.27. The van der Waals surface area contributed by atoms with E-state index in [1.54, 1.807) is 4.90 Å². The fourth-order valence-electron chi connectivity index (χ4n) is 3.95. The molecule has 2 amide bonds. The zero-order valence-electron chi connectivity index (χ0n) is 18.6. The number of anilines is 1. The van der Waals surface area contributed by atoms with Gasteiger partial charge in [-0.1, -0.05) is 50.2 Å². The van der Waals surface area contributed by atoms with Crippen molar-refractivity contribution in [3.63, 3.8) is 0 Å². The summed E-state index contributed by atoms with van der Waals surface area (Å²) in [5.74, 6) is -0.340. The van der Waals surface area contributed by atoms with Gasteiger partial charge in [0.05, 0.1) is 5.92 Å². The molecular formula is C25H33N3O2. The van der Waals surface area contributed by atoms with Crippen LogP contribution in [0.4, 0.5) is 5.69 Å². The van der Waals surface area contributed by atoms with Gasteiger partial charge in [0.2, 0.25) is 11.8 Å². The predicted octanol–water partition coefficient (Wildman–Crippen LogP) is 3.81. The topological polar surface area (TPSA) is 52.7 Å². The zero-order valence-corrected chi connectivity index (χ0v) is 18.6. The Morgan fingerprint density at radius 1 is 1.07 bits per heavy atom. The molecule has 0 aromatic heterocycles. The lowest BCUT2D eigenvalue weighted by Crippen LogP contribution is -2.32. The summed E-state index contributed by atoms with van der Waals surface area (Å²) in [6.45, 7) is 12.3. The number of hydrogen-bond donors (Lipinski definition) is 1. The molecule has 5 nitrogen and oxygen atoms in total. The summed E-state index contributed by atoms with van der Waals surface area (Å²) in [6.07, 6.45) is 0.266. The third-order valence-corrected chi connectivity index (χ3v) is 6.15. The maximum atomic E-state index is 12.7. The maximum absolute atomic E-state index is 12.7. The van der Waals surface area contributed by atoms with E-state index in [4.69, 9.17) is 0 Å². The highest BCUT2D eigenvalue weighted by Gasteiger charge is 2.35. The highest BCUT2D eigenvalue weighted by atomic mass is 16.2. The van der Waals surface area contributed by atoms with Crippen LogP contribution in [0.25, 0.3) is 0 Å². The van der Waals surface area contributed by atoms with E-state index in [0.29, 0.717) is 13.1 Å². The molecule has 0 saturated carbocycles. The van der Waals surface area contributed by atoms with Crippen LogP contribution in [-0.2, 0) is 22.7 Å². The van der Waals surface area contributed by atoms with Gasteiger partial charge < -0.3 is 10.2 Å². The third kappa shape index (κ3) is 5.08. The first kappa shape index (κ1) is 22.0. The van der Waals surface area contributed by atoms with Gasteiger partial charge >= 0.3 is 0 Å². The molecule has 2 aromatic rings. The van der Waals surface area contributed by atoms with E-state index in [-0.39, 0.29) is 24.2 Å². The van der Waals surface area contributed by atoms with Crippen molar-refractivity contribution >= 4 is 17.5 Å². The minimum absolute atomic E-state index is 0.0182. The van der Waals surface area contributed by atoms with Gasteiger partial charge in [-0.25, -0.2) is 0 Å². The molecule has 1 saturated heterocycles. The monoisotopic (exact) mass is 407 g/mol. The van der Waals surface area contributed by atoms with Crippen LogP contribution in [0.3, 0.4) is 0 Å². The highest BCUT2D eigenvalue weighted by Crippen LogP contribution is 2.29. The molecule has 30 heavy (non-hydrogen) atoms. The molecule has 1 heterocycles. The van der Waals surface area contributed by atoms with Crippen LogP contribution >= 0.6 is 0 Å². The summed E-state index contributed by atoms with van der Waals surface area (Å²) >= 11 is 0. The molecule has 5 heteroatoms. The summed E-state index contributed by atoms with van der Waals surface area (Å²) < 4.78 is 0.